The summed E-state index contributed by atoms with van der Waals surface area (Å²) in [5, 5.41) is 2.51. The number of methoxy groups -OCH3 is 2. The molecule has 0 radical (unpaired) electrons. The first kappa shape index (κ1) is 22.1. The minimum absolute atomic E-state index is 0.0768. The molecule has 3 aromatic carbocycles. The van der Waals surface area contributed by atoms with E-state index in [1.165, 1.54) is 14.2 Å². The first-order valence-corrected chi connectivity index (χ1v) is 9.71. The van der Waals surface area contributed by atoms with Crippen molar-refractivity contribution in [3.63, 3.8) is 0 Å². The number of ether oxygens (including phenoxy) is 3. The van der Waals surface area contributed by atoms with Crippen molar-refractivity contribution in [2.75, 3.05) is 19.5 Å². The average Bonchev–Trinajstić information content (AvgIpc) is 2.79. The van der Waals surface area contributed by atoms with E-state index >= 15 is 4.39 Å². The number of para-hydroxylation sites is 1. The zero-order valence-corrected chi connectivity index (χ0v) is 17.5. The summed E-state index contributed by atoms with van der Waals surface area (Å²) in [6.07, 6.45) is 0.0436. The zero-order valence-electron chi connectivity index (χ0n) is 17.5. The van der Waals surface area contributed by atoms with E-state index in [1.54, 1.807) is 55.5 Å². The van der Waals surface area contributed by atoms with Crippen LogP contribution in [-0.4, -0.2) is 20.1 Å². The summed E-state index contributed by atoms with van der Waals surface area (Å²) < 4.78 is 46.8. The molecule has 7 heteroatoms. The number of benzene rings is 3. The minimum atomic E-state index is -0.903. The van der Waals surface area contributed by atoms with Crippen molar-refractivity contribution in [2.24, 2.45) is 0 Å². The van der Waals surface area contributed by atoms with Crippen LogP contribution in [0.2, 0.25) is 0 Å². The molecule has 3 aromatic rings. The monoisotopic (exact) mass is 427 g/mol. The first-order valence-electron chi connectivity index (χ1n) is 9.71. The molecule has 0 bridgehead atoms. The molecule has 0 aliphatic heterocycles. The van der Waals surface area contributed by atoms with E-state index in [4.69, 9.17) is 14.2 Å². The molecular weight excluding hydrogens is 404 g/mol. The topological polar surface area (TPSA) is 56.8 Å². The lowest BCUT2D eigenvalue weighted by atomic mass is 10.0. The van der Waals surface area contributed by atoms with Crippen LogP contribution in [0.15, 0.2) is 54.6 Å². The van der Waals surface area contributed by atoms with Gasteiger partial charge in [-0.1, -0.05) is 25.1 Å². The average molecular weight is 427 g/mol. The number of hydrogen-bond acceptors (Lipinski definition) is 4. The summed E-state index contributed by atoms with van der Waals surface area (Å²) >= 11 is 0. The van der Waals surface area contributed by atoms with Crippen molar-refractivity contribution in [2.45, 2.75) is 19.8 Å². The third-order valence-corrected chi connectivity index (χ3v) is 4.68. The van der Waals surface area contributed by atoms with Gasteiger partial charge in [0.25, 0.3) is 0 Å². The highest BCUT2D eigenvalue weighted by Gasteiger charge is 2.23. The second-order valence-electron chi connectivity index (χ2n) is 6.70. The van der Waals surface area contributed by atoms with E-state index in [0.29, 0.717) is 22.8 Å². The van der Waals surface area contributed by atoms with Gasteiger partial charge >= 0.3 is 0 Å². The fourth-order valence-electron chi connectivity index (χ4n) is 3.05. The molecule has 0 unspecified atom stereocenters. The summed E-state index contributed by atoms with van der Waals surface area (Å²) in [6, 6.07) is 14.6. The van der Waals surface area contributed by atoms with Gasteiger partial charge in [-0.05, 0) is 30.3 Å². The lowest BCUT2D eigenvalue weighted by molar-refractivity contribution is -0.115. The Balaban J connectivity index is 2.09. The van der Waals surface area contributed by atoms with Gasteiger partial charge in [0.15, 0.2) is 11.6 Å². The number of hydrogen-bond donors (Lipinski definition) is 1. The summed E-state index contributed by atoms with van der Waals surface area (Å²) in [6.45, 7) is 1.64. The van der Waals surface area contributed by atoms with Crippen molar-refractivity contribution < 1.29 is 27.8 Å². The van der Waals surface area contributed by atoms with Gasteiger partial charge in [-0.2, -0.15) is 0 Å². The largest absolute Gasteiger partial charge is 0.497 e. The van der Waals surface area contributed by atoms with Gasteiger partial charge in [-0.15, -0.1) is 0 Å². The highest BCUT2D eigenvalue weighted by atomic mass is 19.1. The molecule has 3 rings (SSSR count). The SMILES string of the molecule is CCC(=O)Nc1cc(F)c(Cc2cc(OC)ccc2OC)c(F)c1Oc1ccccc1. The number of carbonyl (C=O) groups is 1. The number of rotatable bonds is 8. The predicted octanol–water partition coefficient (Wildman–Crippen LogP) is 5.71. The summed E-state index contributed by atoms with van der Waals surface area (Å²) in [5.41, 5.74) is 0.245. The van der Waals surface area contributed by atoms with E-state index in [-0.39, 0.29) is 35.7 Å². The Morgan fingerprint density at radius 3 is 2.35 bits per heavy atom. The summed E-state index contributed by atoms with van der Waals surface area (Å²) in [5.74, 6) is -1.01. The summed E-state index contributed by atoms with van der Waals surface area (Å²) in [7, 11) is 2.98. The molecule has 0 spiro atoms. The standard InChI is InChI=1S/C24H23F2NO4/c1-4-22(28)27-20-14-19(25)18(13-15-12-17(29-2)10-11-21(15)30-3)23(26)24(20)31-16-8-6-5-7-9-16/h5-12,14H,4,13H2,1-3H3,(H,27,28). The van der Waals surface area contributed by atoms with Crippen LogP contribution in [-0.2, 0) is 11.2 Å². The van der Waals surface area contributed by atoms with Gasteiger partial charge in [-0.3, -0.25) is 4.79 Å². The molecule has 0 aliphatic carbocycles. The van der Waals surface area contributed by atoms with Gasteiger partial charge < -0.3 is 19.5 Å². The molecule has 0 saturated carbocycles. The van der Waals surface area contributed by atoms with Crippen LogP contribution in [0.4, 0.5) is 14.5 Å². The molecule has 0 atom stereocenters. The maximum atomic E-state index is 15.5. The van der Waals surface area contributed by atoms with Crippen LogP contribution in [0, 0.1) is 11.6 Å². The van der Waals surface area contributed by atoms with E-state index in [1.807, 2.05) is 0 Å². The minimum Gasteiger partial charge on any atom is -0.497 e. The second-order valence-corrected chi connectivity index (χ2v) is 6.70. The van der Waals surface area contributed by atoms with Crippen molar-refractivity contribution in [3.05, 3.63) is 77.4 Å². The van der Waals surface area contributed by atoms with E-state index < -0.39 is 11.6 Å². The Hall–Kier alpha value is -3.61. The third-order valence-electron chi connectivity index (χ3n) is 4.68. The molecule has 0 fully saturated rings. The molecule has 0 aromatic heterocycles. The Morgan fingerprint density at radius 2 is 1.71 bits per heavy atom. The van der Waals surface area contributed by atoms with E-state index in [9.17, 15) is 9.18 Å². The van der Waals surface area contributed by atoms with E-state index in [2.05, 4.69) is 5.32 Å². The predicted molar refractivity (Wildman–Crippen MR) is 114 cm³/mol. The number of carbonyl (C=O) groups excluding carboxylic acids is 1. The second kappa shape index (κ2) is 9.93. The fraction of sp³-hybridized carbons (Fsp3) is 0.208. The Labute approximate surface area is 179 Å². The van der Waals surface area contributed by atoms with Gasteiger partial charge in [0.2, 0.25) is 5.91 Å². The number of anilines is 1. The molecular formula is C24H23F2NO4. The van der Waals surface area contributed by atoms with Gasteiger partial charge in [0.05, 0.1) is 19.9 Å². The normalized spacial score (nSPS) is 10.5. The molecule has 0 saturated heterocycles. The number of nitrogens with one attached hydrogen (secondary N) is 1. The maximum absolute atomic E-state index is 15.5. The maximum Gasteiger partial charge on any atom is 0.224 e. The zero-order chi connectivity index (χ0) is 22.4. The van der Waals surface area contributed by atoms with Gasteiger partial charge in [0, 0.05) is 30.0 Å². The quantitative estimate of drug-likeness (QED) is 0.500. The molecule has 1 N–H and O–H groups in total. The van der Waals surface area contributed by atoms with Crippen LogP contribution >= 0.6 is 0 Å². The highest BCUT2D eigenvalue weighted by molar-refractivity contribution is 5.92. The van der Waals surface area contributed by atoms with Crippen LogP contribution in [0.1, 0.15) is 24.5 Å². The van der Waals surface area contributed by atoms with Crippen molar-refractivity contribution in [1.82, 2.24) is 0 Å². The van der Waals surface area contributed by atoms with Crippen molar-refractivity contribution in [3.8, 4) is 23.0 Å². The first-order chi connectivity index (χ1) is 15.0. The molecule has 31 heavy (non-hydrogen) atoms. The fourth-order valence-corrected chi connectivity index (χ4v) is 3.05. The lowest BCUT2D eigenvalue weighted by Gasteiger charge is -2.17. The molecule has 162 valence electrons. The lowest BCUT2D eigenvalue weighted by Crippen LogP contribution is -2.13. The smallest absolute Gasteiger partial charge is 0.224 e. The van der Waals surface area contributed by atoms with E-state index in [0.717, 1.165) is 6.07 Å². The van der Waals surface area contributed by atoms with Crippen LogP contribution in [0.25, 0.3) is 0 Å². The van der Waals surface area contributed by atoms with Crippen LogP contribution in [0.5, 0.6) is 23.0 Å². The third kappa shape index (κ3) is 5.12. The number of amides is 1. The molecule has 0 aliphatic rings. The Kier molecular flexibility index (Phi) is 7.07. The molecule has 0 heterocycles. The molecule has 5 nitrogen and oxygen atoms in total. The number of halogens is 2. The Bertz CT molecular complexity index is 1070. The van der Waals surface area contributed by atoms with Gasteiger partial charge in [0.1, 0.15) is 23.1 Å². The van der Waals surface area contributed by atoms with Gasteiger partial charge in [-0.25, -0.2) is 8.78 Å². The summed E-state index contributed by atoms with van der Waals surface area (Å²) in [4.78, 5) is 11.9. The highest BCUT2D eigenvalue weighted by Crippen LogP contribution is 2.38. The van der Waals surface area contributed by atoms with Crippen LogP contribution in [0.3, 0.4) is 0 Å². The van der Waals surface area contributed by atoms with Crippen LogP contribution < -0.4 is 19.5 Å². The molecule has 1 amide bonds. The Morgan fingerprint density at radius 1 is 0.968 bits per heavy atom. The van der Waals surface area contributed by atoms with Crippen molar-refractivity contribution in [1.29, 1.82) is 0 Å². The van der Waals surface area contributed by atoms with Crippen molar-refractivity contribution >= 4 is 11.6 Å².